The molecule has 0 aromatic carbocycles. The van der Waals surface area contributed by atoms with Crippen LogP contribution in [0.4, 0.5) is 0 Å². The molecular formula is C15H29N3. The van der Waals surface area contributed by atoms with Crippen LogP contribution in [0.2, 0.25) is 0 Å². The van der Waals surface area contributed by atoms with E-state index in [4.69, 9.17) is 0 Å². The zero-order valence-corrected chi connectivity index (χ0v) is 11.9. The molecule has 104 valence electrons. The molecule has 0 aromatic heterocycles. The second-order valence-corrected chi connectivity index (χ2v) is 6.76. The molecule has 3 aliphatic heterocycles. The van der Waals surface area contributed by atoms with Gasteiger partial charge in [0.15, 0.2) is 0 Å². The van der Waals surface area contributed by atoms with Crippen molar-refractivity contribution in [2.45, 2.75) is 50.6 Å². The minimum Gasteiger partial charge on any atom is -0.311 e. The van der Waals surface area contributed by atoms with E-state index in [0.717, 1.165) is 18.0 Å². The Balaban J connectivity index is 1.41. The molecule has 3 aliphatic rings. The van der Waals surface area contributed by atoms with E-state index in [1.54, 1.807) is 0 Å². The minimum atomic E-state index is 0.865. The molecule has 3 nitrogen and oxygen atoms in total. The van der Waals surface area contributed by atoms with Crippen molar-refractivity contribution in [3.05, 3.63) is 0 Å². The van der Waals surface area contributed by atoms with Crippen LogP contribution in [0.25, 0.3) is 0 Å². The highest BCUT2D eigenvalue weighted by Crippen LogP contribution is 2.32. The topological polar surface area (TPSA) is 18.5 Å². The van der Waals surface area contributed by atoms with Crippen LogP contribution in [-0.4, -0.2) is 61.7 Å². The maximum Gasteiger partial charge on any atom is 0.0109 e. The number of fused-ring (bicyclic) bond motifs is 2. The minimum absolute atomic E-state index is 0.865. The lowest BCUT2D eigenvalue weighted by atomic mass is 9.89. The third kappa shape index (κ3) is 3.25. The van der Waals surface area contributed by atoms with E-state index in [9.17, 15) is 0 Å². The van der Waals surface area contributed by atoms with E-state index in [1.807, 2.05) is 0 Å². The van der Waals surface area contributed by atoms with Gasteiger partial charge in [-0.3, -0.25) is 0 Å². The van der Waals surface area contributed by atoms with Crippen molar-refractivity contribution in [1.29, 1.82) is 0 Å². The van der Waals surface area contributed by atoms with Crippen LogP contribution in [-0.2, 0) is 0 Å². The summed E-state index contributed by atoms with van der Waals surface area (Å²) in [6.07, 6.45) is 8.58. The first-order valence-electron chi connectivity index (χ1n) is 7.96. The van der Waals surface area contributed by atoms with Gasteiger partial charge in [0.05, 0.1) is 0 Å². The van der Waals surface area contributed by atoms with E-state index < -0.39 is 0 Å². The first kappa shape index (κ1) is 12.9. The lowest BCUT2D eigenvalue weighted by Crippen LogP contribution is -2.39. The lowest BCUT2D eigenvalue weighted by Gasteiger charge is -2.31. The number of rotatable bonds is 3. The molecular weight excluding hydrogens is 222 g/mol. The highest BCUT2D eigenvalue weighted by atomic mass is 15.2. The van der Waals surface area contributed by atoms with E-state index in [1.165, 1.54) is 71.2 Å². The van der Waals surface area contributed by atoms with E-state index in [-0.39, 0.29) is 0 Å². The van der Waals surface area contributed by atoms with Gasteiger partial charge in [0, 0.05) is 25.2 Å². The van der Waals surface area contributed by atoms with Crippen LogP contribution in [0.5, 0.6) is 0 Å². The quantitative estimate of drug-likeness (QED) is 0.821. The fourth-order valence-electron chi connectivity index (χ4n) is 4.10. The molecule has 0 radical (unpaired) electrons. The molecule has 2 atom stereocenters. The highest BCUT2D eigenvalue weighted by molar-refractivity contribution is 4.92. The van der Waals surface area contributed by atoms with Gasteiger partial charge in [-0.2, -0.15) is 0 Å². The molecule has 0 amide bonds. The molecule has 3 saturated heterocycles. The van der Waals surface area contributed by atoms with Crippen LogP contribution in [0.1, 0.15) is 38.5 Å². The molecule has 3 fully saturated rings. The van der Waals surface area contributed by atoms with E-state index in [0.29, 0.717) is 0 Å². The third-order valence-corrected chi connectivity index (χ3v) is 5.24. The molecule has 2 unspecified atom stereocenters. The number of hydrogen-bond donors (Lipinski definition) is 1. The number of nitrogens with one attached hydrogen (secondary N) is 1. The summed E-state index contributed by atoms with van der Waals surface area (Å²) in [7, 11) is 2.26. The Labute approximate surface area is 112 Å². The van der Waals surface area contributed by atoms with Crippen molar-refractivity contribution in [2.75, 3.05) is 39.8 Å². The molecule has 3 heteroatoms. The van der Waals surface area contributed by atoms with Gasteiger partial charge in [0.2, 0.25) is 0 Å². The average molecular weight is 251 g/mol. The van der Waals surface area contributed by atoms with Crippen LogP contribution >= 0.6 is 0 Å². The Bertz CT molecular complexity index is 256. The molecule has 0 aliphatic carbocycles. The van der Waals surface area contributed by atoms with Gasteiger partial charge in [-0.1, -0.05) is 0 Å². The second-order valence-electron chi connectivity index (χ2n) is 6.76. The maximum absolute atomic E-state index is 3.75. The van der Waals surface area contributed by atoms with Gasteiger partial charge < -0.3 is 15.1 Å². The van der Waals surface area contributed by atoms with Crippen molar-refractivity contribution in [2.24, 2.45) is 5.92 Å². The SMILES string of the molecule is CN1CCCN(CCC2CC3CCC(C2)N3)CC1. The smallest absolute Gasteiger partial charge is 0.0109 e. The van der Waals surface area contributed by atoms with Crippen molar-refractivity contribution >= 4 is 0 Å². The normalized spacial score (nSPS) is 38.8. The average Bonchev–Trinajstić information content (AvgIpc) is 2.59. The van der Waals surface area contributed by atoms with Crippen LogP contribution in [0.15, 0.2) is 0 Å². The van der Waals surface area contributed by atoms with E-state index >= 15 is 0 Å². The molecule has 0 saturated carbocycles. The Morgan fingerprint density at radius 2 is 1.78 bits per heavy atom. The van der Waals surface area contributed by atoms with Gasteiger partial charge in [-0.15, -0.1) is 0 Å². The first-order valence-corrected chi connectivity index (χ1v) is 7.96. The Morgan fingerprint density at radius 3 is 2.56 bits per heavy atom. The highest BCUT2D eigenvalue weighted by Gasteiger charge is 2.33. The van der Waals surface area contributed by atoms with Crippen molar-refractivity contribution < 1.29 is 0 Å². The van der Waals surface area contributed by atoms with Gasteiger partial charge >= 0.3 is 0 Å². The number of piperidine rings is 1. The fraction of sp³-hybridized carbons (Fsp3) is 1.00. The second kappa shape index (κ2) is 5.89. The Hall–Kier alpha value is -0.120. The summed E-state index contributed by atoms with van der Waals surface area (Å²) >= 11 is 0. The number of hydrogen-bond acceptors (Lipinski definition) is 3. The molecule has 1 N–H and O–H groups in total. The summed E-state index contributed by atoms with van der Waals surface area (Å²) in [6, 6.07) is 1.73. The standard InChI is InChI=1S/C15H29N3/c1-17-6-2-7-18(10-9-17)8-5-13-11-14-3-4-15(12-13)16-14/h13-16H,2-12H2,1H3. The largest absolute Gasteiger partial charge is 0.311 e. The monoisotopic (exact) mass is 251 g/mol. The predicted octanol–water partition coefficient (Wildman–Crippen LogP) is 1.54. The Morgan fingerprint density at radius 1 is 1.00 bits per heavy atom. The van der Waals surface area contributed by atoms with Gasteiger partial charge in [0.25, 0.3) is 0 Å². The predicted molar refractivity (Wildman–Crippen MR) is 75.8 cm³/mol. The molecule has 3 heterocycles. The summed E-state index contributed by atoms with van der Waals surface area (Å²) in [5.41, 5.74) is 0. The third-order valence-electron chi connectivity index (χ3n) is 5.24. The van der Waals surface area contributed by atoms with E-state index in [2.05, 4.69) is 22.2 Å². The van der Waals surface area contributed by atoms with Crippen molar-refractivity contribution in [3.8, 4) is 0 Å². The molecule has 0 aromatic rings. The Kier molecular flexibility index (Phi) is 4.22. The van der Waals surface area contributed by atoms with Gasteiger partial charge in [0.1, 0.15) is 0 Å². The van der Waals surface area contributed by atoms with Gasteiger partial charge in [-0.05, 0) is 71.1 Å². The summed E-state index contributed by atoms with van der Waals surface area (Å²) in [6.45, 7) is 6.50. The summed E-state index contributed by atoms with van der Waals surface area (Å²) in [5.74, 6) is 1.00. The molecule has 0 spiro atoms. The summed E-state index contributed by atoms with van der Waals surface area (Å²) in [5, 5.41) is 3.75. The van der Waals surface area contributed by atoms with Gasteiger partial charge in [-0.25, -0.2) is 0 Å². The number of nitrogens with zero attached hydrogens (tertiary/aromatic N) is 2. The number of likely N-dealkylation sites (N-methyl/N-ethyl adjacent to an activating group) is 1. The van der Waals surface area contributed by atoms with Crippen molar-refractivity contribution in [3.63, 3.8) is 0 Å². The van der Waals surface area contributed by atoms with Crippen molar-refractivity contribution in [1.82, 2.24) is 15.1 Å². The van der Waals surface area contributed by atoms with Crippen LogP contribution < -0.4 is 5.32 Å². The molecule has 3 rings (SSSR count). The zero-order valence-electron chi connectivity index (χ0n) is 11.9. The lowest BCUT2D eigenvalue weighted by molar-refractivity contribution is 0.221. The molecule has 2 bridgehead atoms. The zero-order chi connectivity index (χ0) is 12.4. The maximum atomic E-state index is 3.75. The van der Waals surface area contributed by atoms with Crippen LogP contribution in [0.3, 0.4) is 0 Å². The fourth-order valence-corrected chi connectivity index (χ4v) is 4.10. The summed E-state index contributed by atoms with van der Waals surface area (Å²) in [4.78, 5) is 5.18. The molecule has 18 heavy (non-hydrogen) atoms. The summed E-state index contributed by atoms with van der Waals surface area (Å²) < 4.78 is 0. The first-order chi connectivity index (χ1) is 8.79. The van der Waals surface area contributed by atoms with Crippen LogP contribution in [0, 0.1) is 5.92 Å².